The summed E-state index contributed by atoms with van der Waals surface area (Å²) in [6.45, 7) is 0. The van der Waals surface area contributed by atoms with Crippen LogP contribution >= 0.6 is 0 Å². The highest BCUT2D eigenvalue weighted by Crippen LogP contribution is 2.11. The van der Waals surface area contributed by atoms with Crippen LogP contribution in [0.5, 0.6) is 0 Å². The van der Waals surface area contributed by atoms with Crippen LogP contribution in [0.4, 0.5) is 0 Å². The van der Waals surface area contributed by atoms with Crippen molar-refractivity contribution < 1.29 is 14.7 Å². The number of hydrogen-bond donors (Lipinski definition) is 3. The van der Waals surface area contributed by atoms with Gasteiger partial charge in [0.2, 0.25) is 5.91 Å². The molecule has 0 radical (unpaired) electrons. The molecule has 1 amide bonds. The summed E-state index contributed by atoms with van der Waals surface area (Å²) in [7, 11) is 0. The lowest BCUT2D eigenvalue weighted by Gasteiger charge is -2.06. The van der Waals surface area contributed by atoms with Crippen molar-refractivity contribution in [3.63, 3.8) is 0 Å². The molecule has 1 heterocycles. The van der Waals surface area contributed by atoms with Gasteiger partial charge in [-0.05, 0) is 12.8 Å². The van der Waals surface area contributed by atoms with Crippen LogP contribution in [-0.4, -0.2) is 29.1 Å². The average molecular weight is 158 g/mol. The van der Waals surface area contributed by atoms with Crippen LogP contribution in [0.15, 0.2) is 0 Å². The predicted octanol–water partition coefficient (Wildman–Crippen LogP) is -1.32. The van der Waals surface area contributed by atoms with Gasteiger partial charge in [0.1, 0.15) is 6.04 Å². The van der Waals surface area contributed by atoms with Crippen LogP contribution in [0, 0.1) is 0 Å². The van der Waals surface area contributed by atoms with Gasteiger partial charge in [-0.25, -0.2) is 0 Å². The maximum Gasteiger partial charge on any atom is 0.320 e. The Morgan fingerprint density at radius 1 is 1.36 bits per heavy atom. The average Bonchev–Trinajstić information content (AvgIpc) is 2.33. The fraction of sp³-hybridized carbons (Fsp3) is 0.667. The first-order chi connectivity index (χ1) is 5.11. The lowest BCUT2D eigenvalue weighted by atomic mass is 10.2. The molecule has 62 valence electrons. The van der Waals surface area contributed by atoms with E-state index in [1.54, 1.807) is 0 Å². The highest BCUT2D eigenvalue weighted by molar-refractivity contribution is 5.82. The number of carbonyl (C=O) groups is 2. The molecule has 0 bridgehead atoms. The molecule has 0 aromatic heterocycles. The normalized spacial score (nSPS) is 30.2. The molecule has 5 heteroatoms. The third kappa shape index (κ3) is 1.68. The summed E-state index contributed by atoms with van der Waals surface area (Å²) in [5.41, 5.74) is 4.97. The zero-order valence-corrected chi connectivity index (χ0v) is 5.91. The predicted molar refractivity (Wildman–Crippen MR) is 36.8 cm³/mol. The summed E-state index contributed by atoms with van der Waals surface area (Å²) < 4.78 is 0. The standard InChI is InChI=1S/C6H10N2O3/c7-5(9)3-1-2-4(8-3)6(10)11/h3-4,8H,1-2H2,(H2,7,9)(H,10,11)/t3-,4-/m0/s1. The fourth-order valence-electron chi connectivity index (χ4n) is 1.16. The molecular formula is C6H10N2O3. The first-order valence-electron chi connectivity index (χ1n) is 3.39. The van der Waals surface area contributed by atoms with Crippen molar-refractivity contribution in [3.8, 4) is 0 Å². The van der Waals surface area contributed by atoms with E-state index in [0.717, 1.165) is 0 Å². The number of primary amides is 1. The molecule has 0 aromatic rings. The van der Waals surface area contributed by atoms with E-state index in [4.69, 9.17) is 10.8 Å². The number of hydrogen-bond acceptors (Lipinski definition) is 3. The maximum absolute atomic E-state index is 10.5. The minimum absolute atomic E-state index is 0.462. The van der Waals surface area contributed by atoms with Crippen molar-refractivity contribution in [2.75, 3.05) is 0 Å². The zero-order chi connectivity index (χ0) is 8.43. The third-order valence-electron chi connectivity index (χ3n) is 1.79. The molecule has 0 unspecified atom stereocenters. The molecule has 0 aliphatic carbocycles. The summed E-state index contributed by atoms with van der Waals surface area (Å²) in [6, 6.07) is -1.07. The molecule has 1 aliphatic rings. The van der Waals surface area contributed by atoms with Crippen LogP contribution in [-0.2, 0) is 9.59 Å². The molecule has 4 N–H and O–H groups in total. The van der Waals surface area contributed by atoms with Gasteiger partial charge in [-0.2, -0.15) is 0 Å². The molecule has 0 saturated carbocycles. The number of nitrogens with one attached hydrogen (secondary N) is 1. The maximum atomic E-state index is 10.5. The molecule has 5 nitrogen and oxygen atoms in total. The van der Waals surface area contributed by atoms with Crippen LogP contribution in [0.3, 0.4) is 0 Å². The Hall–Kier alpha value is -1.10. The van der Waals surface area contributed by atoms with Gasteiger partial charge in [0, 0.05) is 0 Å². The van der Waals surface area contributed by atoms with E-state index in [-0.39, 0.29) is 0 Å². The quantitative estimate of drug-likeness (QED) is 0.464. The zero-order valence-electron chi connectivity index (χ0n) is 5.91. The van der Waals surface area contributed by atoms with Gasteiger partial charge in [0.05, 0.1) is 6.04 Å². The second-order valence-corrected chi connectivity index (χ2v) is 2.59. The van der Waals surface area contributed by atoms with Crippen molar-refractivity contribution in [2.45, 2.75) is 24.9 Å². The number of rotatable bonds is 2. The molecule has 1 rings (SSSR count). The van der Waals surface area contributed by atoms with Gasteiger partial charge >= 0.3 is 5.97 Å². The SMILES string of the molecule is NC(=O)[C@@H]1CC[C@@H](C(=O)O)N1. The monoisotopic (exact) mass is 158 g/mol. The Bertz CT molecular complexity index is 172. The number of amides is 1. The van der Waals surface area contributed by atoms with Gasteiger partial charge in [-0.15, -0.1) is 0 Å². The van der Waals surface area contributed by atoms with Crippen LogP contribution in [0.1, 0.15) is 12.8 Å². The number of carboxylic acids is 1. The van der Waals surface area contributed by atoms with Crippen molar-refractivity contribution in [3.05, 3.63) is 0 Å². The second kappa shape index (κ2) is 2.87. The molecule has 1 fully saturated rings. The van der Waals surface area contributed by atoms with Crippen LogP contribution < -0.4 is 11.1 Å². The Morgan fingerprint density at radius 2 is 1.91 bits per heavy atom. The Kier molecular flexibility index (Phi) is 2.09. The summed E-state index contributed by atoms with van der Waals surface area (Å²) in [5.74, 6) is -1.40. The van der Waals surface area contributed by atoms with E-state index in [1.165, 1.54) is 0 Å². The summed E-state index contributed by atoms with van der Waals surface area (Å²) in [6.07, 6.45) is 0.995. The lowest BCUT2D eigenvalue weighted by Crippen LogP contribution is -2.42. The van der Waals surface area contributed by atoms with Gasteiger partial charge in [-0.1, -0.05) is 0 Å². The molecule has 1 saturated heterocycles. The van der Waals surface area contributed by atoms with Crippen molar-refractivity contribution >= 4 is 11.9 Å². The molecule has 11 heavy (non-hydrogen) atoms. The number of carbonyl (C=O) groups excluding carboxylic acids is 1. The molecule has 1 aliphatic heterocycles. The number of carboxylic acid groups (broad SMARTS) is 1. The summed E-state index contributed by atoms with van der Waals surface area (Å²) in [4.78, 5) is 20.9. The van der Waals surface area contributed by atoms with E-state index in [9.17, 15) is 9.59 Å². The van der Waals surface area contributed by atoms with Crippen molar-refractivity contribution in [1.82, 2.24) is 5.32 Å². The van der Waals surface area contributed by atoms with E-state index in [1.807, 2.05) is 0 Å². The van der Waals surface area contributed by atoms with Gasteiger partial charge in [0.15, 0.2) is 0 Å². The van der Waals surface area contributed by atoms with Gasteiger partial charge in [-0.3, -0.25) is 14.9 Å². The summed E-state index contributed by atoms with van der Waals surface area (Å²) in [5, 5.41) is 11.1. The van der Waals surface area contributed by atoms with Crippen LogP contribution in [0.2, 0.25) is 0 Å². The molecule has 2 atom stereocenters. The largest absolute Gasteiger partial charge is 0.480 e. The first kappa shape index (κ1) is 8.00. The highest BCUT2D eigenvalue weighted by atomic mass is 16.4. The minimum atomic E-state index is -0.922. The Balaban J connectivity index is 2.47. The number of aliphatic carboxylic acids is 1. The van der Waals surface area contributed by atoms with Gasteiger partial charge in [0.25, 0.3) is 0 Å². The second-order valence-electron chi connectivity index (χ2n) is 2.59. The Labute approximate surface area is 63.6 Å². The lowest BCUT2D eigenvalue weighted by molar-refractivity contribution is -0.139. The highest BCUT2D eigenvalue weighted by Gasteiger charge is 2.31. The Morgan fingerprint density at radius 3 is 2.18 bits per heavy atom. The van der Waals surface area contributed by atoms with Gasteiger partial charge < -0.3 is 10.8 Å². The van der Waals surface area contributed by atoms with Crippen molar-refractivity contribution in [1.29, 1.82) is 0 Å². The van der Waals surface area contributed by atoms with E-state index in [0.29, 0.717) is 12.8 Å². The topological polar surface area (TPSA) is 92.4 Å². The molecule has 0 aromatic carbocycles. The van der Waals surface area contributed by atoms with Crippen molar-refractivity contribution in [2.24, 2.45) is 5.73 Å². The number of nitrogens with two attached hydrogens (primary N) is 1. The first-order valence-corrected chi connectivity index (χ1v) is 3.39. The van der Waals surface area contributed by atoms with E-state index in [2.05, 4.69) is 5.32 Å². The molecule has 0 spiro atoms. The van der Waals surface area contributed by atoms with E-state index >= 15 is 0 Å². The minimum Gasteiger partial charge on any atom is -0.480 e. The third-order valence-corrected chi connectivity index (χ3v) is 1.79. The molecular weight excluding hydrogens is 148 g/mol. The summed E-state index contributed by atoms with van der Waals surface area (Å²) >= 11 is 0. The fourth-order valence-corrected chi connectivity index (χ4v) is 1.16. The van der Waals surface area contributed by atoms with E-state index < -0.39 is 24.0 Å². The smallest absolute Gasteiger partial charge is 0.320 e. The van der Waals surface area contributed by atoms with Crippen LogP contribution in [0.25, 0.3) is 0 Å².